The number of phosphoric acid groups is 1. The van der Waals surface area contributed by atoms with Crippen molar-refractivity contribution in [2.45, 2.75) is 95.2 Å². The van der Waals surface area contributed by atoms with Gasteiger partial charge in [0.1, 0.15) is 18.4 Å². The van der Waals surface area contributed by atoms with E-state index in [0.717, 1.165) is 23.5 Å². The number of aromatic nitrogens is 2. The zero-order valence-electron chi connectivity index (χ0n) is 24.5. The predicted octanol–water partition coefficient (Wildman–Crippen LogP) is 2.44. The summed E-state index contributed by atoms with van der Waals surface area (Å²) in [4.78, 5) is 50.6. The summed E-state index contributed by atoms with van der Waals surface area (Å²) in [6, 6.07) is 1.11. The lowest BCUT2D eigenvalue weighted by Gasteiger charge is -2.34. The lowest BCUT2D eigenvalue weighted by molar-refractivity contribution is -0.234. The SMILES string of the molecule is CC(C)C(=O)OCOP(=O)(OCOC(=O)C(C)C)OC1[C@]23OC4(CCCC4)O[C@@]2(C)[C@H](n2ccc(=O)[nH]c2=O)O[C@]13CF. The van der Waals surface area contributed by atoms with Crippen molar-refractivity contribution in [2.24, 2.45) is 11.8 Å². The van der Waals surface area contributed by atoms with Gasteiger partial charge in [-0.2, -0.15) is 0 Å². The average Bonchev–Trinajstić information content (AvgIpc) is 3.25. The molecule has 5 rings (SSSR count). The van der Waals surface area contributed by atoms with Gasteiger partial charge in [-0.3, -0.25) is 28.5 Å². The van der Waals surface area contributed by atoms with E-state index in [0.29, 0.717) is 12.8 Å². The second-order valence-corrected chi connectivity index (χ2v) is 13.5. The largest absolute Gasteiger partial charge is 0.481 e. The Labute approximate surface area is 245 Å². The van der Waals surface area contributed by atoms with Crippen LogP contribution < -0.4 is 11.2 Å². The highest BCUT2D eigenvalue weighted by molar-refractivity contribution is 7.48. The van der Waals surface area contributed by atoms with E-state index in [4.69, 9.17) is 37.3 Å². The fraction of sp³-hybridized carbons (Fsp3) is 0.769. The summed E-state index contributed by atoms with van der Waals surface area (Å²) >= 11 is 0. The minimum Gasteiger partial charge on any atom is -0.438 e. The quantitative estimate of drug-likeness (QED) is 0.201. The van der Waals surface area contributed by atoms with Gasteiger partial charge in [-0.05, 0) is 19.8 Å². The Bertz CT molecular complexity index is 1390. The van der Waals surface area contributed by atoms with Crippen molar-refractivity contribution in [1.82, 2.24) is 9.55 Å². The number of esters is 2. The molecule has 43 heavy (non-hydrogen) atoms. The van der Waals surface area contributed by atoms with Gasteiger partial charge < -0.3 is 23.7 Å². The maximum Gasteiger partial charge on any atom is 0.481 e. The Morgan fingerprint density at radius 1 is 1.07 bits per heavy atom. The van der Waals surface area contributed by atoms with Crippen molar-refractivity contribution in [1.29, 1.82) is 0 Å². The fourth-order valence-corrected chi connectivity index (χ4v) is 7.25. The van der Waals surface area contributed by atoms with Gasteiger partial charge >= 0.3 is 25.5 Å². The second-order valence-electron chi connectivity index (χ2n) is 11.8. The number of ether oxygens (including phenoxy) is 5. The van der Waals surface area contributed by atoms with Crippen molar-refractivity contribution in [3.63, 3.8) is 0 Å². The van der Waals surface area contributed by atoms with Crippen LogP contribution in [0.4, 0.5) is 4.39 Å². The third-order valence-electron chi connectivity index (χ3n) is 8.28. The maximum atomic E-state index is 15.2. The molecule has 4 fully saturated rings. The summed E-state index contributed by atoms with van der Waals surface area (Å²) < 4.78 is 75.5. The molecule has 2 aliphatic carbocycles. The van der Waals surface area contributed by atoms with Crippen molar-refractivity contribution in [2.75, 3.05) is 20.3 Å². The number of aromatic amines is 1. The molecule has 2 saturated heterocycles. The van der Waals surface area contributed by atoms with Gasteiger partial charge in [-0.15, -0.1) is 0 Å². The Morgan fingerprint density at radius 3 is 2.16 bits per heavy atom. The van der Waals surface area contributed by atoms with Crippen LogP contribution in [0, 0.1) is 11.8 Å². The number of carbonyl (C=O) groups is 2. The van der Waals surface area contributed by atoms with E-state index in [1.165, 1.54) is 6.20 Å². The average molecular weight is 635 g/mol. The Hall–Kier alpha value is -2.46. The molecule has 5 atom stereocenters. The topological polar surface area (TPSA) is 180 Å². The summed E-state index contributed by atoms with van der Waals surface area (Å²) in [5.74, 6) is -3.56. The van der Waals surface area contributed by atoms with Gasteiger partial charge in [-0.25, -0.2) is 22.8 Å². The van der Waals surface area contributed by atoms with E-state index in [9.17, 15) is 23.7 Å². The van der Waals surface area contributed by atoms with Crippen LogP contribution in [0.5, 0.6) is 0 Å². The number of hydrogen-bond donors (Lipinski definition) is 1. The molecule has 0 radical (unpaired) electrons. The zero-order chi connectivity index (χ0) is 31.4. The number of hydrogen-bond acceptors (Lipinski definition) is 13. The van der Waals surface area contributed by atoms with Crippen LogP contribution in [0.15, 0.2) is 21.9 Å². The van der Waals surface area contributed by atoms with Gasteiger partial charge in [-0.1, -0.05) is 27.7 Å². The second kappa shape index (κ2) is 11.2. The van der Waals surface area contributed by atoms with Gasteiger partial charge in [0.05, 0.1) is 11.8 Å². The molecule has 1 aromatic heterocycles. The van der Waals surface area contributed by atoms with Crippen LogP contribution in [-0.4, -0.2) is 70.4 Å². The number of H-pyrrole nitrogens is 1. The minimum absolute atomic E-state index is 0.452. The van der Waals surface area contributed by atoms with Crippen LogP contribution in [-0.2, 0) is 51.4 Å². The zero-order valence-corrected chi connectivity index (χ0v) is 25.4. The number of halogens is 1. The van der Waals surface area contributed by atoms with E-state index >= 15 is 4.39 Å². The summed E-state index contributed by atoms with van der Waals surface area (Å²) in [6.45, 7) is 4.93. The number of alkyl halides is 1. The Morgan fingerprint density at radius 2 is 1.65 bits per heavy atom. The van der Waals surface area contributed by atoms with Gasteiger partial charge in [0.2, 0.25) is 13.6 Å². The molecule has 17 heteroatoms. The van der Waals surface area contributed by atoms with Crippen LogP contribution in [0.25, 0.3) is 0 Å². The molecule has 0 amide bonds. The molecule has 2 aliphatic heterocycles. The molecule has 2 spiro atoms. The van der Waals surface area contributed by atoms with Gasteiger partial charge in [0.15, 0.2) is 23.2 Å². The van der Waals surface area contributed by atoms with Crippen LogP contribution in [0.2, 0.25) is 0 Å². The lowest BCUT2D eigenvalue weighted by atomic mass is 9.94. The molecule has 4 aliphatic rings. The summed E-state index contributed by atoms with van der Waals surface area (Å²) in [5, 5.41) is 0. The number of rotatable bonds is 12. The molecule has 240 valence electrons. The standard InChI is InChI=1S/C26H36FN2O13P/c1-15(2)18(31)35-13-37-43(34,38-14-36-19(32)16(3)4)40-20-25(12-27)26(20)23(5,41-24(42-26)9-6-7-10-24)21(39-25)29-11-8-17(30)28-22(29)33/h8,11,15-16,20-21H,6-7,9-10,12-14H2,1-5H3,(H,28,30,33)/t20?,21-,23+,25-,26+/m1/s1. The summed E-state index contributed by atoms with van der Waals surface area (Å²) in [6.07, 6.45) is 0.838. The van der Waals surface area contributed by atoms with Crippen molar-refractivity contribution in [3.05, 3.63) is 33.1 Å². The van der Waals surface area contributed by atoms with E-state index in [1.807, 2.05) is 0 Å². The first-order chi connectivity index (χ1) is 20.2. The first kappa shape index (κ1) is 31.9. The molecule has 1 aromatic rings. The highest BCUT2D eigenvalue weighted by Gasteiger charge is 2.99. The molecule has 15 nitrogen and oxygen atoms in total. The monoisotopic (exact) mass is 634 g/mol. The van der Waals surface area contributed by atoms with Crippen LogP contribution in [0.3, 0.4) is 0 Å². The molecule has 2 saturated carbocycles. The van der Waals surface area contributed by atoms with Crippen molar-refractivity contribution < 1.29 is 55.8 Å². The minimum atomic E-state index is -4.78. The number of nitrogens with one attached hydrogen (secondary N) is 1. The fourth-order valence-electron chi connectivity index (χ4n) is 6.11. The van der Waals surface area contributed by atoms with E-state index in [2.05, 4.69) is 4.98 Å². The number of carbonyl (C=O) groups excluding carboxylic acids is 2. The molecular weight excluding hydrogens is 598 g/mol. The number of phosphoric ester groups is 1. The Balaban J connectivity index is 1.47. The smallest absolute Gasteiger partial charge is 0.438 e. The summed E-state index contributed by atoms with van der Waals surface area (Å²) in [5.41, 5.74) is -6.79. The van der Waals surface area contributed by atoms with E-state index in [1.54, 1.807) is 34.6 Å². The first-order valence-corrected chi connectivity index (χ1v) is 15.5. The highest BCUT2D eigenvalue weighted by Crippen LogP contribution is 2.79. The van der Waals surface area contributed by atoms with Crippen LogP contribution in [0.1, 0.15) is 66.5 Å². The summed E-state index contributed by atoms with van der Waals surface area (Å²) in [7, 11) is -4.78. The third-order valence-corrected chi connectivity index (χ3v) is 9.60. The van der Waals surface area contributed by atoms with Gasteiger partial charge in [0.25, 0.3) is 5.56 Å². The molecular formula is C26H36FN2O13P. The normalized spacial score (nSPS) is 32.3. The molecule has 1 unspecified atom stereocenters. The van der Waals surface area contributed by atoms with Crippen molar-refractivity contribution in [3.8, 4) is 0 Å². The lowest BCUT2D eigenvalue weighted by Crippen LogP contribution is -2.49. The number of nitrogens with zero attached hydrogens (tertiary/aromatic N) is 1. The first-order valence-electron chi connectivity index (χ1n) is 14.0. The van der Waals surface area contributed by atoms with Gasteiger partial charge in [0, 0.05) is 25.1 Å². The van der Waals surface area contributed by atoms with Crippen LogP contribution >= 0.6 is 7.82 Å². The van der Waals surface area contributed by atoms with E-state index < -0.39 is 98.0 Å². The molecule has 1 N–H and O–H groups in total. The van der Waals surface area contributed by atoms with E-state index in [-0.39, 0.29) is 0 Å². The molecule has 3 heterocycles. The highest BCUT2D eigenvalue weighted by atomic mass is 31.2. The Kier molecular flexibility index (Phi) is 8.29. The molecule has 0 bridgehead atoms. The maximum absolute atomic E-state index is 15.2. The molecule has 0 aromatic carbocycles. The van der Waals surface area contributed by atoms with Crippen molar-refractivity contribution >= 4 is 19.8 Å². The predicted molar refractivity (Wildman–Crippen MR) is 141 cm³/mol. The third kappa shape index (κ3) is 5.10.